The molecule has 116 valence electrons. The van der Waals surface area contributed by atoms with Crippen molar-refractivity contribution in [3.05, 3.63) is 57.8 Å². The minimum absolute atomic E-state index is 0.00269. The minimum Gasteiger partial charge on any atom is -0.354 e. The second kappa shape index (κ2) is 7.75. The molecule has 2 aromatic rings. The molecule has 0 radical (unpaired) electrons. The molecule has 1 aromatic heterocycles. The van der Waals surface area contributed by atoms with E-state index >= 15 is 0 Å². The molecule has 0 aliphatic rings. The lowest BCUT2D eigenvalue weighted by Gasteiger charge is -2.13. The van der Waals surface area contributed by atoms with Gasteiger partial charge in [0.2, 0.25) is 5.91 Å². The van der Waals surface area contributed by atoms with Crippen LogP contribution in [0.4, 0.5) is 0 Å². The quantitative estimate of drug-likeness (QED) is 0.861. The maximum absolute atomic E-state index is 11.8. The van der Waals surface area contributed by atoms with Crippen molar-refractivity contribution < 1.29 is 9.59 Å². The van der Waals surface area contributed by atoms with Gasteiger partial charge in [-0.1, -0.05) is 37.3 Å². The third kappa shape index (κ3) is 4.70. The van der Waals surface area contributed by atoms with Crippen LogP contribution in [0.1, 0.15) is 33.0 Å². The maximum atomic E-state index is 11.8. The van der Waals surface area contributed by atoms with Gasteiger partial charge in [-0.15, -0.1) is 11.3 Å². The Morgan fingerprint density at radius 2 is 1.82 bits per heavy atom. The monoisotopic (exact) mass is 316 g/mol. The Morgan fingerprint density at radius 1 is 1.09 bits per heavy atom. The van der Waals surface area contributed by atoms with Crippen molar-refractivity contribution in [3.63, 3.8) is 0 Å². The Kier molecular flexibility index (Phi) is 5.72. The summed E-state index contributed by atoms with van der Waals surface area (Å²) in [6.45, 7) is 4.55. The summed E-state index contributed by atoms with van der Waals surface area (Å²) in [5, 5.41) is 5.48. The summed E-state index contributed by atoms with van der Waals surface area (Å²) in [6, 6.07) is 13.7. The van der Waals surface area contributed by atoms with Crippen molar-refractivity contribution in [1.82, 2.24) is 10.6 Å². The third-order valence-corrected chi connectivity index (χ3v) is 4.35. The van der Waals surface area contributed by atoms with Gasteiger partial charge in [-0.05, 0) is 30.5 Å². The average Bonchev–Trinajstić information content (AvgIpc) is 2.97. The van der Waals surface area contributed by atoms with Gasteiger partial charge >= 0.3 is 0 Å². The fourth-order valence-electron chi connectivity index (χ4n) is 2.03. The van der Waals surface area contributed by atoms with Crippen LogP contribution < -0.4 is 10.6 Å². The Morgan fingerprint density at radius 3 is 2.45 bits per heavy atom. The first kappa shape index (κ1) is 16.2. The predicted molar refractivity (Wildman–Crippen MR) is 89.3 cm³/mol. The number of benzene rings is 1. The van der Waals surface area contributed by atoms with Crippen molar-refractivity contribution in [2.45, 2.75) is 19.8 Å². The third-order valence-electron chi connectivity index (χ3n) is 3.35. The van der Waals surface area contributed by atoms with E-state index in [1.54, 1.807) is 6.07 Å². The van der Waals surface area contributed by atoms with E-state index in [-0.39, 0.29) is 24.3 Å². The highest BCUT2D eigenvalue weighted by atomic mass is 32.1. The van der Waals surface area contributed by atoms with Gasteiger partial charge in [0.25, 0.3) is 5.91 Å². The number of nitrogens with one attached hydrogen (secondary N) is 2. The second-order valence-electron chi connectivity index (χ2n) is 5.21. The molecule has 1 heterocycles. The molecular formula is C17H20N2O2S. The molecule has 0 saturated heterocycles. The summed E-state index contributed by atoms with van der Waals surface area (Å²) >= 11 is 1.42. The highest BCUT2D eigenvalue weighted by Gasteiger charge is 2.11. The fraction of sp³-hybridized carbons (Fsp3) is 0.294. The van der Waals surface area contributed by atoms with Gasteiger partial charge in [-0.25, -0.2) is 0 Å². The first-order chi connectivity index (χ1) is 10.6. The standard InChI is InChI=1S/C17H20N2O2S/c1-12(14-6-4-3-5-7-14)10-18-16(20)11-19-17(21)15-9-8-13(2)22-15/h3-9,12H,10-11H2,1-2H3,(H,18,20)(H,19,21). The van der Waals surface area contributed by atoms with Crippen LogP contribution in [0.25, 0.3) is 0 Å². The molecule has 22 heavy (non-hydrogen) atoms. The summed E-state index contributed by atoms with van der Waals surface area (Å²) in [5.74, 6) is -0.144. The van der Waals surface area contributed by atoms with Crippen LogP contribution in [0, 0.1) is 6.92 Å². The topological polar surface area (TPSA) is 58.2 Å². The van der Waals surface area contributed by atoms with E-state index in [0.29, 0.717) is 11.4 Å². The van der Waals surface area contributed by atoms with Gasteiger partial charge in [0.15, 0.2) is 0 Å². The highest BCUT2D eigenvalue weighted by Crippen LogP contribution is 2.14. The maximum Gasteiger partial charge on any atom is 0.261 e. The summed E-state index contributed by atoms with van der Waals surface area (Å²) in [7, 11) is 0. The zero-order valence-electron chi connectivity index (χ0n) is 12.8. The minimum atomic E-state index is -0.204. The molecule has 0 saturated carbocycles. The molecule has 0 aliphatic heterocycles. The summed E-state index contributed by atoms with van der Waals surface area (Å²) in [4.78, 5) is 25.3. The smallest absolute Gasteiger partial charge is 0.261 e. The number of rotatable bonds is 6. The first-order valence-corrected chi connectivity index (χ1v) is 8.04. The molecule has 2 N–H and O–H groups in total. The van der Waals surface area contributed by atoms with Crippen molar-refractivity contribution in [2.24, 2.45) is 0 Å². The van der Waals surface area contributed by atoms with Crippen LogP contribution in [0.5, 0.6) is 0 Å². The van der Waals surface area contributed by atoms with Gasteiger partial charge in [0.05, 0.1) is 11.4 Å². The molecule has 0 aliphatic carbocycles. The van der Waals surface area contributed by atoms with Crippen molar-refractivity contribution in [2.75, 3.05) is 13.1 Å². The van der Waals surface area contributed by atoms with Crippen LogP contribution in [-0.4, -0.2) is 24.9 Å². The largest absolute Gasteiger partial charge is 0.354 e. The van der Waals surface area contributed by atoms with Crippen LogP contribution in [-0.2, 0) is 4.79 Å². The number of hydrogen-bond donors (Lipinski definition) is 2. The van der Waals surface area contributed by atoms with Gasteiger partial charge in [-0.3, -0.25) is 9.59 Å². The molecule has 4 nitrogen and oxygen atoms in total. The zero-order chi connectivity index (χ0) is 15.9. The van der Waals surface area contributed by atoms with E-state index in [0.717, 1.165) is 4.88 Å². The molecule has 1 unspecified atom stereocenters. The lowest BCUT2D eigenvalue weighted by atomic mass is 10.0. The van der Waals surface area contributed by atoms with E-state index in [9.17, 15) is 9.59 Å². The zero-order valence-corrected chi connectivity index (χ0v) is 13.6. The molecular weight excluding hydrogens is 296 g/mol. The second-order valence-corrected chi connectivity index (χ2v) is 6.50. The number of carbonyl (C=O) groups is 2. The average molecular weight is 316 g/mol. The predicted octanol–water partition coefficient (Wildman–Crippen LogP) is 2.71. The van der Waals surface area contributed by atoms with Crippen LogP contribution in [0.3, 0.4) is 0 Å². The number of thiophene rings is 1. The van der Waals surface area contributed by atoms with E-state index in [1.807, 2.05) is 43.3 Å². The molecule has 2 rings (SSSR count). The summed E-state index contributed by atoms with van der Waals surface area (Å²) in [5.41, 5.74) is 1.18. The number of hydrogen-bond acceptors (Lipinski definition) is 3. The van der Waals surface area contributed by atoms with Gasteiger partial charge in [-0.2, -0.15) is 0 Å². The van der Waals surface area contributed by atoms with Crippen molar-refractivity contribution in [3.8, 4) is 0 Å². The lowest BCUT2D eigenvalue weighted by molar-refractivity contribution is -0.120. The molecule has 0 spiro atoms. The number of carbonyl (C=O) groups excluding carboxylic acids is 2. The van der Waals surface area contributed by atoms with E-state index in [4.69, 9.17) is 0 Å². The van der Waals surface area contributed by atoms with E-state index in [1.165, 1.54) is 16.9 Å². The van der Waals surface area contributed by atoms with Gasteiger partial charge in [0, 0.05) is 11.4 Å². The van der Waals surface area contributed by atoms with Crippen molar-refractivity contribution >= 4 is 23.2 Å². The number of aryl methyl sites for hydroxylation is 1. The van der Waals surface area contributed by atoms with E-state index < -0.39 is 0 Å². The molecule has 1 atom stereocenters. The fourth-order valence-corrected chi connectivity index (χ4v) is 2.82. The van der Waals surface area contributed by atoms with Gasteiger partial charge < -0.3 is 10.6 Å². The molecule has 5 heteroatoms. The van der Waals surface area contributed by atoms with Crippen LogP contribution >= 0.6 is 11.3 Å². The van der Waals surface area contributed by atoms with Gasteiger partial charge in [0.1, 0.15) is 0 Å². The molecule has 0 fully saturated rings. The normalized spacial score (nSPS) is 11.7. The Hall–Kier alpha value is -2.14. The first-order valence-electron chi connectivity index (χ1n) is 7.22. The SMILES string of the molecule is Cc1ccc(C(=O)NCC(=O)NCC(C)c2ccccc2)s1. The summed E-state index contributed by atoms with van der Waals surface area (Å²) in [6.07, 6.45) is 0. The molecule has 2 amide bonds. The highest BCUT2D eigenvalue weighted by molar-refractivity contribution is 7.13. The molecule has 0 bridgehead atoms. The lowest BCUT2D eigenvalue weighted by Crippen LogP contribution is -2.38. The molecule has 1 aromatic carbocycles. The Balaban J connectivity index is 1.73. The Labute approximate surface area is 134 Å². The van der Waals surface area contributed by atoms with Crippen LogP contribution in [0.2, 0.25) is 0 Å². The van der Waals surface area contributed by atoms with Crippen molar-refractivity contribution in [1.29, 1.82) is 0 Å². The van der Waals surface area contributed by atoms with Crippen LogP contribution in [0.15, 0.2) is 42.5 Å². The Bertz CT molecular complexity index is 637. The number of amides is 2. The summed E-state index contributed by atoms with van der Waals surface area (Å²) < 4.78 is 0. The van der Waals surface area contributed by atoms with E-state index in [2.05, 4.69) is 17.6 Å².